The Hall–Kier alpha value is -1.09. The predicted molar refractivity (Wildman–Crippen MR) is 69.7 cm³/mol. The molecular formula is C15H21NO2. The van der Waals surface area contributed by atoms with Gasteiger partial charge < -0.3 is 9.84 Å². The predicted octanol–water partition coefficient (Wildman–Crippen LogP) is 2.90. The molecule has 0 aromatic carbocycles. The van der Waals surface area contributed by atoms with Gasteiger partial charge in [-0.1, -0.05) is 27.7 Å². The van der Waals surface area contributed by atoms with Crippen LogP contribution in [0.5, 0.6) is 5.75 Å². The zero-order valence-electron chi connectivity index (χ0n) is 11.6. The highest BCUT2D eigenvalue weighted by Crippen LogP contribution is 2.60. The summed E-state index contributed by atoms with van der Waals surface area (Å²) in [4.78, 5) is 4.71. The normalized spacial score (nSPS) is 28.1. The molecule has 3 heteroatoms. The molecule has 1 saturated carbocycles. The van der Waals surface area contributed by atoms with Gasteiger partial charge >= 0.3 is 0 Å². The van der Waals surface area contributed by atoms with Gasteiger partial charge in [-0.2, -0.15) is 0 Å². The van der Waals surface area contributed by atoms with Crippen LogP contribution in [0.25, 0.3) is 0 Å². The lowest BCUT2D eigenvalue weighted by Crippen LogP contribution is -2.40. The summed E-state index contributed by atoms with van der Waals surface area (Å²) in [5.41, 5.74) is 0.463. The Balaban J connectivity index is 2.13. The molecule has 18 heavy (non-hydrogen) atoms. The second-order valence-electron chi connectivity index (χ2n) is 6.60. The molecule has 1 aliphatic carbocycles. The minimum Gasteiger partial charge on any atom is -0.482 e. The number of hydrogen-bond acceptors (Lipinski definition) is 3. The summed E-state index contributed by atoms with van der Waals surface area (Å²) >= 11 is 0. The van der Waals surface area contributed by atoms with Gasteiger partial charge in [-0.05, 0) is 31.4 Å². The highest BCUT2D eigenvalue weighted by molar-refractivity contribution is 5.45. The van der Waals surface area contributed by atoms with Gasteiger partial charge in [0.1, 0.15) is 22.6 Å². The molecule has 98 valence electrons. The van der Waals surface area contributed by atoms with Gasteiger partial charge in [0.05, 0.1) is 0 Å². The van der Waals surface area contributed by atoms with E-state index in [0.29, 0.717) is 6.42 Å². The quantitative estimate of drug-likeness (QED) is 0.829. The third-order valence-corrected chi connectivity index (χ3v) is 4.29. The molecule has 1 spiro atoms. The molecule has 0 saturated heterocycles. The number of aromatic nitrogens is 1. The SMILES string of the molecule is CCC1(O)c2nc(C(C)(C)C)ccc2OC12CC2. The van der Waals surface area contributed by atoms with Gasteiger partial charge in [0.15, 0.2) is 0 Å². The smallest absolute Gasteiger partial charge is 0.149 e. The Labute approximate surface area is 108 Å². The van der Waals surface area contributed by atoms with Crippen molar-refractivity contribution in [1.82, 2.24) is 4.98 Å². The zero-order chi connectivity index (χ0) is 13.2. The zero-order valence-corrected chi connectivity index (χ0v) is 11.6. The van der Waals surface area contributed by atoms with Crippen LogP contribution < -0.4 is 4.74 Å². The van der Waals surface area contributed by atoms with Crippen LogP contribution in [0.4, 0.5) is 0 Å². The third-order valence-electron chi connectivity index (χ3n) is 4.29. The van der Waals surface area contributed by atoms with Crippen LogP contribution in [-0.4, -0.2) is 15.7 Å². The maximum atomic E-state index is 10.9. The molecule has 1 aromatic heterocycles. The minimum atomic E-state index is -0.899. The number of aliphatic hydroxyl groups is 1. The Morgan fingerprint density at radius 1 is 1.33 bits per heavy atom. The summed E-state index contributed by atoms with van der Waals surface area (Å²) in [6, 6.07) is 3.98. The van der Waals surface area contributed by atoms with Gasteiger partial charge in [0, 0.05) is 11.1 Å². The van der Waals surface area contributed by atoms with Crippen LogP contribution in [0.2, 0.25) is 0 Å². The van der Waals surface area contributed by atoms with Gasteiger partial charge in [-0.25, -0.2) is 0 Å². The molecule has 0 amide bonds. The number of pyridine rings is 1. The van der Waals surface area contributed by atoms with Crippen molar-refractivity contribution >= 4 is 0 Å². The standard InChI is InChI=1S/C15H21NO2/c1-5-15(17)12-10(18-14(15)8-9-14)6-7-11(16-12)13(2,3)4/h6-7,17H,5,8-9H2,1-4H3. The van der Waals surface area contributed by atoms with Crippen molar-refractivity contribution in [2.45, 2.75) is 63.6 Å². The van der Waals surface area contributed by atoms with Crippen LogP contribution in [-0.2, 0) is 11.0 Å². The number of hydrogen-bond donors (Lipinski definition) is 1. The highest BCUT2D eigenvalue weighted by atomic mass is 16.5. The van der Waals surface area contributed by atoms with Crippen LogP contribution in [0.1, 0.15) is 58.3 Å². The van der Waals surface area contributed by atoms with Crippen LogP contribution in [0.3, 0.4) is 0 Å². The van der Waals surface area contributed by atoms with E-state index in [-0.39, 0.29) is 11.0 Å². The van der Waals surface area contributed by atoms with E-state index in [1.807, 2.05) is 19.1 Å². The van der Waals surface area contributed by atoms with E-state index in [1.165, 1.54) is 0 Å². The fourth-order valence-electron chi connectivity index (χ4n) is 2.87. The summed E-state index contributed by atoms with van der Waals surface area (Å²) < 4.78 is 5.97. The molecule has 2 aliphatic rings. The van der Waals surface area contributed by atoms with Gasteiger partial charge in [-0.3, -0.25) is 4.98 Å². The maximum Gasteiger partial charge on any atom is 0.149 e. The molecule has 1 aliphatic heterocycles. The average Bonchev–Trinajstić information content (AvgIpc) is 3.03. The summed E-state index contributed by atoms with van der Waals surface area (Å²) in [6.45, 7) is 8.41. The van der Waals surface area contributed by atoms with Crippen molar-refractivity contribution in [3.8, 4) is 5.75 Å². The lowest BCUT2D eigenvalue weighted by atomic mass is 9.87. The Morgan fingerprint density at radius 3 is 2.50 bits per heavy atom. The van der Waals surface area contributed by atoms with E-state index in [1.54, 1.807) is 0 Å². The summed E-state index contributed by atoms with van der Waals surface area (Å²) in [6.07, 6.45) is 2.51. The molecular weight excluding hydrogens is 226 g/mol. The van der Waals surface area contributed by atoms with Gasteiger partial charge in [0.25, 0.3) is 0 Å². The summed E-state index contributed by atoms with van der Waals surface area (Å²) in [5, 5.41) is 10.9. The Bertz CT molecular complexity index is 500. The first-order valence-electron chi connectivity index (χ1n) is 6.76. The molecule has 1 N–H and O–H groups in total. The number of rotatable bonds is 1. The molecule has 3 rings (SSSR count). The van der Waals surface area contributed by atoms with Crippen molar-refractivity contribution in [3.63, 3.8) is 0 Å². The highest BCUT2D eigenvalue weighted by Gasteiger charge is 2.67. The van der Waals surface area contributed by atoms with Crippen LogP contribution >= 0.6 is 0 Å². The molecule has 1 unspecified atom stereocenters. The first kappa shape index (κ1) is 12.0. The maximum absolute atomic E-state index is 10.9. The lowest BCUT2D eigenvalue weighted by molar-refractivity contribution is -0.0616. The Morgan fingerprint density at radius 2 is 2.00 bits per heavy atom. The average molecular weight is 247 g/mol. The first-order valence-corrected chi connectivity index (χ1v) is 6.76. The number of fused-ring (bicyclic) bond motifs is 1. The fourth-order valence-corrected chi connectivity index (χ4v) is 2.87. The van der Waals surface area contributed by atoms with E-state index >= 15 is 0 Å². The van der Waals surface area contributed by atoms with Crippen LogP contribution in [0.15, 0.2) is 12.1 Å². The number of nitrogens with zero attached hydrogens (tertiary/aromatic N) is 1. The van der Waals surface area contributed by atoms with E-state index < -0.39 is 5.60 Å². The van der Waals surface area contributed by atoms with Gasteiger partial charge in [0.2, 0.25) is 0 Å². The first-order chi connectivity index (χ1) is 8.32. The van der Waals surface area contributed by atoms with E-state index in [9.17, 15) is 5.11 Å². The Kier molecular flexibility index (Phi) is 2.17. The molecule has 1 aromatic rings. The van der Waals surface area contributed by atoms with Crippen molar-refractivity contribution in [2.75, 3.05) is 0 Å². The van der Waals surface area contributed by atoms with Crippen molar-refractivity contribution < 1.29 is 9.84 Å². The molecule has 2 heterocycles. The largest absolute Gasteiger partial charge is 0.482 e. The van der Waals surface area contributed by atoms with E-state index in [2.05, 4.69) is 20.8 Å². The van der Waals surface area contributed by atoms with Crippen LogP contribution in [0, 0.1) is 0 Å². The van der Waals surface area contributed by atoms with Crippen molar-refractivity contribution in [3.05, 3.63) is 23.5 Å². The fraction of sp³-hybridized carbons (Fsp3) is 0.667. The third kappa shape index (κ3) is 1.37. The minimum absolute atomic E-state index is 0.0109. The molecule has 1 atom stereocenters. The monoisotopic (exact) mass is 247 g/mol. The lowest BCUT2D eigenvalue weighted by Gasteiger charge is -2.27. The molecule has 0 radical (unpaired) electrons. The molecule has 0 bridgehead atoms. The van der Waals surface area contributed by atoms with E-state index in [4.69, 9.17) is 9.72 Å². The second kappa shape index (κ2) is 3.27. The van der Waals surface area contributed by atoms with Crippen molar-refractivity contribution in [2.24, 2.45) is 0 Å². The molecule has 1 fully saturated rings. The second-order valence-corrected chi connectivity index (χ2v) is 6.60. The van der Waals surface area contributed by atoms with Gasteiger partial charge in [-0.15, -0.1) is 0 Å². The molecule has 3 nitrogen and oxygen atoms in total. The summed E-state index contributed by atoms with van der Waals surface area (Å²) in [7, 11) is 0. The van der Waals surface area contributed by atoms with Crippen molar-refractivity contribution in [1.29, 1.82) is 0 Å². The van der Waals surface area contributed by atoms with E-state index in [0.717, 1.165) is 30.0 Å². The summed E-state index contributed by atoms with van der Waals surface area (Å²) in [5.74, 6) is 0.768. The number of ether oxygens (including phenoxy) is 1. The topological polar surface area (TPSA) is 42.4 Å².